The van der Waals surface area contributed by atoms with Crippen molar-refractivity contribution in [1.82, 2.24) is 10.3 Å². The lowest BCUT2D eigenvalue weighted by molar-refractivity contribution is 0.0904. The highest BCUT2D eigenvalue weighted by Gasteiger charge is 2.24. The van der Waals surface area contributed by atoms with Crippen LogP contribution in [0.4, 0.5) is 8.78 Å². The molecule has 1 aromatic heterocycles. The van der Waals surface area contributed by atoms with Gasteiger partial charge in [-0.1, -0.05) is 20.8 Å². The van der Waals surface area contributed by atoms with E-state index < -0.39 is 17.7 Å². The number of halogens is 2. The number of nitrogens with one attached hydrogen (secondary N) is 1. The highest BCUT2D eigenvalue weighted by Crippen LogP contribution is 2.19. The van der Waals surface area contributed by atoms with E-state index in [2.05, 4.69) is 10.3 Å². The van der Waals surface area contributed by atoms with Crippen LogP contribution in [0.1, 0.15) is 38.1 Å². The molecule has 17 heavy (non-hydrogen) atoms. The van der Waals surface area contributed by atoms with Crippen molar-refractivity contribution in [2.24, 2.45) is 5.41 Å². The van der Waals surface area contributed by atoms with Crippen molar-refractivity contribution in [3.63, 3.8) is 0 Å². The lowest BCUT2D eigenvalue weighted by atomic mass is 9.88. The van der Waals surface area contributed by atoms with E-state index in [9.17, 15) is 13.6 Å². The van der Waals surface area contributed by atoms with Crippen LogP contribution in [0.25, 0.3) is 0 Å². The van der Waals surface area contributed by atoms with Gasteiger partial charge in [-0.2, -0.15) is 4.39 Å². The van der Waals surface area contributed by atoms with Gasteiger partial charge in [0.15, 0.2) is 5.82 Å². The Balaban J connectivity index is 2.88. The van der Waals surface area contributed by atoms with E-state index in [1.807, 2.05) is 27.7 Å². The fourth-order valence-electron chi connectivity index (χ4n) is 1.08. The molecule has 0 saturated heterocycles. The number of rotatable bonds is 2. The van der Waals surface area contributed by atoms with Gasteiger partial charge in [0.25, 0.3) is 5.91 Å². The molecule has 1 aromatic rings. The van der Waals surface area contributed by atoms with Crippen molar-refractivity contribution < 1.29 is 13.6 Å². The smallest absolute Gasteiger partial charge is 0.254 e. The van der Waals surface area contributed by atoms with E-state index in [1.165, 1.54) is 0 Å². The molecule has 0 aliphatic rings. The zero-order valence-corrected chi connectivity index (χ0v) is 10.3. The largest absolute Gasteiger partial charge is 0.349 e. The van der Waals surface area contributed by atoms with Crippen molar-refractivity contribution in [3.8, 4) is 0 Å². The van der Waals surface area contributed by atoms with E-state index >= 15 is 0 Å². The summed E-state index contributed by atoms with van der Waals surface area (Å²) in [5.41, 5.74) is -0.480. The number of nitrogens with zero attached hydrogens (tertiary/aromatic N) is 1. The van der Waals surface area contributed by atoms with Gasteiger partial charge in [-0.15, -0.1) is 0 Å². The van der Waals surface area contributed by atoms with Gasteiger partial charge in [-0.05, 0) is 18.4 Å². The molecule has 0 aliphatic heterocycles. The van der Waals surface area contributed by atoms with Crippen LogP contribution in [0, 0.1) is 17.2 Å². The maximum Gasteiger partial charge on any atom is 0.254 e. The zero-order valence-electron chi connectivity index (χ0n) is 10.3. The molecule has 1 rings (SSSR count). The topological polar surface area (TPSA) is 42.0 Å². The van der Waals surface area contributed by atoms with E-state index in [0.717, 1.165) is 12.3 Å². The van der Waals surface area contributed by atoms with Gasteiger partial charge in [0.1, 0.15) is 0 Å². The molecular formula is C12H16F2N2O. The molecule has 3 nitrogen and oxygen atoms in total. The number of pyridine rings is 1. The zero-order chi connectivity index (χ0) is 13.2. The maximum absolute atomic E-state index is 13.3. The second-order valence-corrected chi connectivity index (χ2v) is 5.02. The summed E-state index contributed by atoms with van der Waals surface area (Å²) >= 11 is 0. The van der Waals surface area contributed by atoms with Gasteiger partial charge in [0, 0.05) is 12.2 Å². The summed E-state index contributed by atoms with van der Waals surface area (Å²) in [5, 5.41) is 2.63. The third-order valence-corrected chi connectivity index (χ3v) is 2.74. The van der Waals surface area contributed by atoms with E-state index in [-0.39, 0.29) is 17.0 Å². The molecule has 5 heteroatoms. The Hall–Kier alpha value is -1.52. The Bertz CT molecular complexity index is 427. The van der Waals surface area contributed by atoms with Crippen molar-refractivity contribution in [3.05, 3.63) is 29.6 Å². The molecule has 94 valence electrons. The third kappa shape index (κ3) is 3.22. The summed E-state index contributed by atoms with van der Waals surface area (Å²) in [6.45, 7) is 7.65. The minimum atomic E-state index is -1.26. The predicted octanol–water partition coefficient (Wildman–Crippen LogP) is 2.52. The van der Waals surface area contributed by atoms with Crippen molar-refractivity contribution in [2.75, 3.05) is 0 Å². The van der Waals surface area contributed by atoms with Crippen LogP contribution in [0.2, 0.25) is 0 Å². The number of hydrogen-bond donors (Lipinski definition) is 1. The Morgan fingerprint density at radius 2 is 2.00 bits per heavy atom. The van der Waals surface area contributed by atoms with E-state index in [1.54, 1.807) is 0 Å². The van der Waals surface area contributed by atoms with Crippen LogP contribution in [0.15, 0.2) is 12.3 Å². The molecule has 0 saturated carbocycles. The lowest BCUT2D eigenvalue weighted by Crippen LogP contribution is -2.41. The molecular weight excluding hydrogens is 226 g/mol. The molecule has 0 fully saturated rings. The molecule has 0 bridgehead atoms. The number of carbonyl (C=O) groups is 1. The molecule has 1 N–H and O–H groups in total. The Kier molecular flexibility index (Phi) is 3.80. The summed E-state index contributed by atoms with van der Waals surface area (Å²) in [6, 6.07) is 0.994. The maximum atomic E-state index is 13.3. The SMILES string of the molecule is CC(NC(=O)c1ccnc(F)c1F)C(C)(C)C. The van der Waals surface area contributed by atoms with Gasteiger partial charge in [-0.3, -0.25) is 4.79 Å². The summed E-state index contributed by atoms with van der Waals surface area (Å²) in [4.78, 5) is 14.9. The number of carbonyl (C=O) groups excluding carboxylic acids is 1. The Morgan fingerprint density at radius 1 is 1.41 bits per heavy atom. The summed E-state index contributed by atoms with van der Waals surface area (Å²) in [7, 11) is 0. The van der Waals surface area contributed by atoms with Crippen LogP contribution >= 0.6 is 0 Å². The molecule has 0 radical (unpaired) electrons. The highest BCUT2D eigenvalue weighted by atomic mass is 19.2. The first-order valence-electron chi connectivity index (χ1n) is 5.34. The van der Waals surface area contributed by atoms with Crippen LogP contribution in [-0.4, -0.2) is 16.9 Å². The summed E-state index contributed by atoms with van der Waals surface area (Å²) < 4.78 is 26.1. The quantitative estimate of drug-likeness (QED) is 0.810. The van der Waals surface area contributed by atoms with Crippen molar-refractivity contribution >= 4 is 5.91 Å². The first-order chi connectivity index (χ1) is 7.73. The highest BCUT2D eigenvalue weighted by molar-refractivity contribution is 5.94. The second kappa shape index (κ2) is 4.77. The lowest BCUT2D eigenvalue weighted by Gasteiger charge is -2.28. The molecule has 1 atom stereocenters. The molecule has 1 unspecified atom stereocenters. The summed E-state index contributed by atoms with van der Waals surface area (Å²) in [5.74, 6) is -3.11. The number of aromatic nitrogens is 1. The fourth-order valence-corrected chi connectivity index (χ4v) is 1.08. The Morgan fingerprint density at radius 3 is 2.53 bits per heavy atom. The van der Waals surface area contributed by atoms with Gasteiger partial charge in [-0.25, -0.2) is 9.37 Å². The first-order valence-corrected chi connectivity index (χ1v) is 5.34. The average molecular weight is 242 g/mol. The molecule has 0 aliphatic carbocycles. The minimum absolute atomic E-state index is 0.155. The van der Waals surface area contributed by atoms with Gasteiger partial charge in [0.05, 0.1) is 5.56 Å². The van der Waals surface area contributed by atoms with E-state index in [0.29, 0.717) is 0 Å². The van der Waals surface area contributed by atoms with Gasteiger partial charge < -0.3 is 5.32 Å². The molecule has 1 heterocycles. The second-order valence-electron chi connectivity index (χ2n) is 5.02. The Labute approximate surface area is 99.2 Å². The average Bonchev–Trinajstić information content (AvgIpc) is 2.20. The van der Waals surface area contributed by atoms with Crippen molar-refractivity contribution in [1.29, 1.82) is 0 Å². The number of hydrogen-bond acceptors (Lipinski definition) is 2. The predicted molar refractivity (Wildman–Crippen MR) is 60.5 cm³/mol. The normalized spacial score (nSPS) is 13.3. The number of amides is 1. The van der Waals surface area contributed by atoms with Gasteiger partial charge >= 0.3 is 0 Å². The van der Waals surface area contributed by atoms with Crippen LogP contribution in [0.3, 0.4) is 0 Å². The fraction of sp³-hybridized carbons (Fsp3) is 0.500. The van der Waals surface area contributed by atoms with Gasteiger partial charge in [0.2, 0.25) is 5.95 Å². The monoisotopic (exact) mass is 242 g/mol. The minimum Gasteiger partial charge on any atom is -0.349 e. The molecule has 1 amide bonds. The first kappa shape index (κ1) is 13.5. The molecule has 0 spiro atoms. The van der Waals surface area contributed by atoms with E-state index in [4.69, 9.17) is 0 Å². The molecule has 0 aromatic carbocycles. The third-order valence-electron chi connectivity index (χ3n) is 2.74. The van der Waals surface area contributed by atoms with Crippen LogP contribution < -0.4 is 5.32 Å². The summed E-state index contributed by atoms with van der Waals surface area (Å²) in [6.07, 6.45) is 1.06. The van der Waals surface area contributed by atoms with Crippen molar-refractivity contribution in [2.45, 2.75) is 33.7 Å². The van der Waals surface area contributed by atoms with Crippen LogP contribution in [0.5, 0.6) is 0 Å². The van der Waals surface area contributed by atoms with Crippen LogP contribution in [-0.2, 0) is 0 Å². The standard InChI is InChI=1S/C12H16F2N2O/c1-7(12(2,3)4)16-11(17)8-5-6-15-10(14)9(8)13/h5-7H,1-4H3,(H,16,17).